The maximum atomic E-state index is 13.1. The second-order valence-electron chi connectivity index (χ2n) is 4.53. The Bertz CT molecular complexity index is 642. The van der Waals surface area contributed by atoms with Gasteiger partial charge in [-0.1, -0.05) is 6.07 Å². The molecule has 0 aliphatic carbocycles. The molecule has 0 aliphatic rings. The molecule has 1 aromatic heterocycles. The molecule has 0 bridgehead atoms. The minimum absolute atomic E-state index is 0.0802. The predicted molar refractivity (Wildman–Crippen MR) is 73.7 cm³/mol. The summed E-state index contributed by atoms with van der Waals surface area (Å²) in [6, 6.07) is 5.92. The molecular formula is C15H14F2N2O3. The summed E-state index contributed by atoms with van der Waals surface area (Å²) in [7, 11) is 1.26. The maximum Gasteiger partial charge on any atom is 0.356 e. The number of carbonyl (C=O) groups is 1. The van der Waals surface area contributed by atoms with Crippen molar-refractivity contribution in [2.75, 3.05) is 7.11 Å². The molecule has 116 valence electrons. The fourth-order valence-electron chi connectivity index (χ4n) is 1.82. The van der Waals surface area contributed by atoms with E-state index >= 15 is 0 Å². The van der Waals surface area contributed by atoms with Crippen molar-refractivity contribution in [1.29, 1.82) is 0 Å². The molecule has 0 saturated heterocycles. The first-order valence-corrected chi connectivity index (χ1v) is 6.40. The van der Waals surface area contributed by atoms with Crippen LogP contribution in [0, 0.1) is 11.6 Å². The third kappa shape index (κ3) is 4.06. The molecule has 0 fully saturated rings. The van der Waals surface area contributed by atoms with E-state index in [0.717, 1.165) is 18.2 Å². The zero-order chi connectivity index (χ0) is 16.1. The number of aliphatic hydroxyl groups is 1. The number of ether oxygens (including phenoxy) is 1. The quantitative estimate of drug-likeness (QED) is 0.652. The van der Waals surface area contributed by atoms with Gasteiger partial charge in [0.1, 0.15) is 23.6 Å². The lowest BCUT2D eigenvalue weighted by Gasteiger charge is -2.13. The van der Waals surface area contributed by atoms with Crippen molar-refractivity contribution in [3.05, 3.63) is 65.0 Å². The van der Waals surface area contributed by atoms with Gasteiger partial charge in [0.25, 0.3) is 0 Å². The van der Waals surface area contributed by atoms with Crippen LogP contribution >= 0.6 is 0 Å². The zero-order valence-corrected chi connectivity index (χ0v) is 11.7. The topological polar surface area (TPSA) is 71.5 Å². The summed E-state index contributed by atoms with van der Waals surface area (Å²) >= 11 is 0. The summed E-state index contributed by atoms with van der Waals surface area (Å²) in [5.74, 6) is -2.07. The van der Waals surface area contributed by atoms with Gasteiger partial charge in [-0.3, -0.25) is 5.32 Å². The molecule has 1 aromatic carbocycles. The molecule has 5 nitrogen and oxygen atoms in total. The van der Waals surface area contributed by atoms with Crippen molar-refractivity contribution in [3.8, 4) is 0 Å². The molecule has 2 N–H and O–H groups in total. The normalized spacial score (nSPS) is 12.0. The molecule has 1 atom stereocenters. The van der Waals surface area contributed by atoms with Gasteiger partial charge in [0.2, 0.25) is 0 Å². The number of nitrogens with one attached hydrogen (secondary N) is 1. The summed E-state index contributed by atoms with van der Waals surface area (Å²) in [6.07, 6.45) is 0.212. The average Bonchev–Trinajstić information content (AvgIpc) is 2.51. The van der Waals surface area contributed by atoms with Crippen LogP contribution in [0.1, 0.15) is 27.8 Å². The van der Waals surface area contributed by atoms with Crippen LogP contribution < -0.4 is 5.32 Å². The van der Waals surface area contributed by atoms with E-state index in [1.807, 2.05) is 0 Å². The highest BCUT2D eigenvalue weighted by atomic mass is 19.1. The van der Waals surface area contributed by atoms with Crippen molar-refractivity contribution in [2.45, 2.75) is 12.8 Å². The number of hydrogen-bond donors (Lipinski definition) is 2. The molecule has 22 heavy (non-hydrogen) atoms. The number of nitrogens with zero attached hydrogens (tertiary/aromatic N) is 1. The zero-order valence-electron chi connectivity index (χ0n) is 11.7. The molecule has 0 saturated carbocycles. The van der Waals surface area contributed by atoms with Crippen molar-refractivity contribution in [1.82, 2.24) is 10.3 Å². The van der Waals surface area contributed by atoms with Gasteiger partial charge in [0, 0.05) is 24.4 Å². The molecule has 0 amide bonds. The van der Waals surface area contributed by atoms with Gasteiger partial charge in [0.15, 0.2) is 0 Å². The monoisotopic (exact) mass is 308 g/mol. The Kier molecular flexibility index (Phi) is 5.13. The molecule has 0 aliphatic heterocycles. The maximum absolute atomic E-state index is 13.1. The standard InChI is InChI=1S/C15H14F2N2O3/c1-22-15(21)13-3-2-9(7-18-13)8-19-14(20)10-4-11(16)6-12(17)5-10/h2-7,14,19-20H,8H2,1H3. The summed E-state index contributed by atoms with van der Waals surface area (Å²) in [5, 5.41) is 12.6. The smallest absolute Gasteiger partial charge is 0.356 e. The second kappa shape index (κ2) is 7.06. The lowest BCUT2D eigenvalue weighted by Crippen LogP contribution is -2.21. The Morgan fingerprint density at radius 1 is 1.32 bits per heavy atom. The molecule has 0 radical (unpaired) electrons. The van der Waals surface area contributed by atoms with E-state index in [2.05, 4.69) is 15.0 Å². The number of aromatic nitrogens is 1. The van der Waals surface area contributed by atoms with E-state index in [-0.39, 0.29) is 17.8 Å². The van der Waals surface area contributed by atoms with E-state index in [0.29, 0.717) is 5.56 Å². The van der Waals surface area contributed by atoms with Gasteiger partial charge in [-0.2, -0.15) is 0 Å². The van der Waals surface area contributed by atoms with Gasteiger partial charge in [-0.25, -0.2) is 18.6 Å². The van der Waals surface area contributed by atoms with Crippen LogP contribution in [0.3, 0.4) is 0 Å². The summed E-state index contributed by atoms with van der Waals surface area (Å²) < 4.78 is 30.7. The third-order valence-corrected chi connectivity index (χ3v) is 2.92. The Balaban J connectivity index is 1.98. The molecule has 1 unspecified atom stereocenters. The van der Waals surface area contributed by atoms with Crippen LogP contribution in [0.25, 0.3) is 0 Å². The number of esters is 1. The molecule has 0 spiro atoms. The number of benzene rings is 1. The van der Waals surface area contributed by atoms with Crippen LogP contribution in [-0.2, 0) is 11.3 Å². The molecule has 2 aromatic rings. The number of carbonyl (C=O) groups excluding carboxylic acids is 1. The minimum Gasteiger partial charge on any atom is -0.464 e. The highest BCUT2D eigenvalue weighted by Crippen LogP contribution is 2.15. The first-order valence-electron chi connectivity index (χ1n) is 6.40. The van der Waals surface area contributed by atoms with Crippen LogP contribution in [0.4, 0.5) is 8.78 Å². The van der Waals surface area contributed by atoms with Crippen LogP contribution in [0.2, 0.25) is 0 Å². The summed E-state index contributed by atoms with van der Waals surface area (Å²) in [4.78, 5) is 15.1. The van der Waals surface area contributed by atoms with E-state index < -0.39 is 23.8 Å². The van der Waals surface area contributed by atoms with E-state index in [1.54, 1.807) is 6.07 Å². The second-order valence-corrected chi connectivity index (χ2v) is 4.53. The van der Waals surface area contributed by atoms with Crippen LogP contribution in [-0.4, -0.2) is 23.2 Å². The highest BCUT2D eigenvalue weighted by Gasteiger charge is 2.11. The first kappa shape index (κ1) is 16.0. The molecular weight excluding hydrogens is 294 g/mol. The number of halogens is 2. The number of aliphatic hydroxyl groups excluding tert-OH is 1. The van der Waals surface area contributed by atoms with Crippen molar-refractivity contribution in [3.63, 3.8) is 0 Å². The fourth-order valence-corrected chi connectivity index (χ4v) is 1.82. The Labute approximate surface area is 125 Å². The van der Waals surface area contributed by atoms with Gasteiger partial charge >= 0.3 is 5.97 Å². The van der Waals surface area contributed by atoms with Crippen LogP contribution in [0.15, 0.2) is 36.5 Å². The molecule has 7 heteroatoms. The van der Waals surface area contributed by atoms with E-state index in [1.165, 1.54) is 19.4 Å². The number of hydrogen-bond acceptors (Lipinski definition) is 5. The molecule has 2 rings (SSSR count). The Hall–Kier alpha value is -2.38. The van der Waals surface area contributed by atoms with Gasteiger partial charge < -0.3 is 9.84 Å². The predicted octanol–water partition coefficient (Wildman–Crippen LogP) is 1.93. The largest absolute Gasteiger partial charge is 0.464 e. The average molecular weight is 308 g/mol. The Morgan fingerprint density at radius 2 is 2.00 bits per heavy atom. The fraction of sp³-hybridized carbons (Fsp3) is 0.200. The van der Waals surface area contributed by atoms with Crippen molar-refractivity contribution >= 4 is 5.97 Å². The first-order chi connectivity index (χ1) is 10.5. The van der Waals surface area contributed by atoms with Crippen molar-refractivity contribution in [2.24, 2.45) is 0 Å². The molecule has 1 heterocycles. The summed E-state index contributed by atoms with van der Waals surface area (Å²) in [5.41, 5.74) is 0.930. The highest BCUT2D eigenvalue weighted by molar-refractivity contribution is 5.86. The third-order valence-electron chi connectivity index (χ3n) is 2.92. The number of methoxy groups -OCH3 is 1. The van der Waals surface area contributed by atoms with Gasteiger partial charge in [0.05, 0.1) is 7.11 Å². The lowest BCUT2D eigenvalue weighted by atomic mass is 10.1. The number of pyridine rings is 1. The van der Waals surface area contributed by atoms with E-state index in [9.17, 15) is 18.7 Å². The lowest BCUT2D eigenvalue weighted by molar-refractivity contribution is 0.0594. The van der Waals surface area contributed by atoms with Gasteiger partial charge in [-0.15, -0.1) is 0 Å². The van der Waals surface area contributed by atoms with E-state index in [4.69, 9.17) is 0 Å². The summed E-state index contributed by atoms with van der Waals surface area (Å²) in [6.45, 7) is 0.202. The van der Waals surface area contributed by atoms with Crippen LogP contribution in [0.5, 0.6) is 0 Å². The van der Waals surface area contributed by atoms with Crippen molar-refractivity contribution < 1.29 is 23.4 Å². The Morgan fingerprint density at radius 3 is 2.55 bits per heavy atom. The number of rotatable bonds is 5. The van der Waals surface area contributed by atoms with Gasteiger partial charge in [-0.05, 0) is 23.8 Å². The minimum atomic E-state index is -1.23. The SMILES string of the molecule is COC(=O)c1ccc(CNC(O)c2cc(F)cc(F)c2)cn1.